The topological polar surface area (TPSA) is 37.4 Å². The molecule has 1 amide bonds. The van der Waals surface area contributed by atoms with Gasteiger partial charge in [-0.3, -0.25) is 9.59 Å². The molecule has 0 aromatic heterocycles. The maximum atomic E-state index is 11.9. The van der Waals surface area contributed by atoms with Crippen molar-refractivity contribution in [3.05, 3.63) is 35.9 Å². The Labute approximate surface area is 94.1 Å². The van der Waals surface area contributed by atoms with Crippen LogP contribution in [0.5, 0.6) is 0 Å². The molecule has 16 heavy (non-hydrogen) atoms. The van der Waals surface area contributed by atoms with Crippen LogP contribution in [0.2, 0.25) is 0 Å². The Morgan fingerprint density at radius 2 is 1.94 bits per heavy atom. The van der Waals surface area contributed by atoms with Gasteiger partial charge in [0.05, 0.1) is 5.92 Å². The molecular weight excluding hydrogens is 202 g/mol. The van der Waals surface area contributed by atoms with Crippen molar-refractivity contribution in [1.82, 2.24) is 4.90 Å². The highest BCUT2D eigenvalue weighted by molar-refractivity contribution is 6.06. The van der Waals surface area contributed by atoms with Crippen LogP contribution in [-0.4, -0.2) is 22.6 Å². The van der Waals surface area contributed by atoms with E-state index in [1.54, 1.807) is 0 Å². The van der Waals surface area contributed by atoms with Gasteiger partial charge < -0.3 is 4.90 Å². The number of ketones is 1. The summed E-state index contributed by atoms with van der Waals surface area (Å²) in [7, 11) is 0. The molecule has 1 aromatic rings. The number of rotatable bonds is 2. The van der Waals surface area contributed by atoms with Crippen molar-refractivity contribution in [1.29, 1.82) is 0 Å². The van der Waals surface area contributed by atoms with Crippen LogP contribution < -0.4 is 0 Å². The zero-order chi connectivity index (χ0) is 11.1. The summed E-state index contributed by atoms with van der Waals surface area (Å²) in [5, 5.41) is 0. The van der Waals surface area contributed by atoms with E-state index < -0.39 is 0 Å². The van der Waals surface area contributed by atoms with E-state index in [0.29, 0.717) is 13.0 Å². The number of carbonyl (C=O) groups is 2. The fraction of sp³-hybridized carbons (Fsp3) is 0.385. The van der Waals surface area contributed by atoms with Gasteiger partial charge in [-0.25, -0.2) is 0 Å². The van der Waals surface area contributed by atoms with E-state index in [0.717, 1.165) is 12.0 Å². The summed E-state index contributed by atoms with van der Waals surface area (Å²) < 4.78 is 0. The van der Waals surface area contributed by atoms with Gasteiger partial charge in [0.25, 0.3) is 0 Å². The lowest BCUT2D eigenvalue weighted by Gasteiger charge is -2.26. The molecule has 3 heteroatoms. The largest absolute Gasteiger partial charge is 0.334 e. The molecule has 82 valence electrons. The summed E-state index contributed by atoms with van der Waals surface area (Å²) in [5.74, 6) is -0.155. The second-order valence-electron chi connectivity index (χ2n) is 4.56. The van der Waals surface area contributed by atoms with Crippen molar-refractivity contribution < 1.29 is 9.59 Å². The maximum absolute atomic E-state index is 11.9. The maximum Gasteiger partial charge on any atom is 0.233 e. The number of carbonyl (C=O) groups excluding carboxylic acids is 2. The van der Waals surface area contributed by atoms with Crippen LogP contribution in [0.25, 0.3) is 0 Å². The zero-order valence-corrected chi connectivity index (χ0v) is 8.93. The first-order valence-corrected chi connectivity index (χ1v) is 5.63. The van der Waals surface area contributed by atoms with Gasteiger partial charge in [-0.15, -0.1) is 0 Å². The van der Waals surface area contributed by atoms with Crippen LogP contribution in [0.4, 0.5) is 0 Å². The minimum absolute atomic E-state index is 0.0325. The predicted octanol–water partition coefficient (Wildman–Crippen LogP) is 1.38. The van der Waals surface area contributed by atoms with Gasteiger partial charge in [0, 0.05) is 19.0 Å². The van der Waals surface area contributed by atoms with Crippen molar-refractivity contribution in [3.63, 3.8) is 0 Å². The number of hydrogen-bond donors (Lipinski definition) is 0. The lowest BCUT2D eigenvalue weighted by molar-refractivity contribution is -0.141. The third-order valence-corrected chi connectivity index (χ3v) is 3.55. The molecule has 1 aromatic carbocycles. The molecule has 1 aliphatic heterocycles. The van der Waals surface area contributed by atoms with Crippen molar-refractivity contribution in [3.8, 4) is 0 Å². The summed E-state index contributed by atoms with van der Waals surface area (Å²) in [6.07, 6.45) is 1.30. The number of piperidine rings is 1. The van der Waals surface area contributed by atoms with Gasteiger partial charge in [0.15, 0.2) is 0 Å². The van der Waals surface area contributed by atoms with E-state index in [-0.39, 0.29) is 23.7 Å². The SMILES string of the molecule is O=C1C[C@H]2CC1C(=O)N2Cc1ccccc1. The minimum Gasteiger partial charge on any atom is -0.334 e. The number of hydrogen-bond acceptors (Lipinski definition) is 2. The quantitative estimate of drug-likeness (QED) is 0.699. The Balaban J connectivity index is 1.79. The molecule has 0 N–H and O–H groups in total. The van der Waals surface area contributed by atoms with E-state index >= 15 is 0 Å². The Morgan fingerprint density at radius 3 is 2.56 bits per heavy atom. The third-order valence-electron chi connectivity index (χ3n) is 3.55. The first kappa shape index (κ1) is 9.58. The molecule has 1 unspecified atom stereocenters. The van der Waals surface area contributed by atoms with Gasteiger partial charge >= 0.3 is 0 Å². The number of benzene rings is 1. The molecule has 1 heterocycles. The number of amides is 1. The van der Waals surface area contributed by atoms with E-state index in [4.69, 9.17) is 0 Å². The summed E-state index contributed by atoms with van der Waals surface area (Å²) in [5.41, 5.74) is 1.14. The number of nitrogens with zero attached hydrogens (tertiary/aromatic N) is 1. The molecule has 0 spiro atoms. The van der Waals surface area contributed by atoms with Gasteiger partial charge in [-0.1, -0.05) is 30.3 Å². The Bertz CT molecular complexity index is 441. The van der Waals surface area contributed by atoms with Crippen LogP contribution in [0.1, 0.15) is 18.4 Å². The van der Waals surface area contributed by atoms with Gasteiger partial charge in [0.2, 0.25) is 5.91 Å². The van der Waals surface area contributed by atoms with E-state index in [1.165, 1.54) is 0 Å². The highest BCUT2D eigenvalue weighted by Crippen LogP contribution is 2.36. The number of likely N-dealkylation sites (tertiary alicyclic amines) is 1. The van der Waals surface area contributed by atoms with Crippen LogP contribution in [0.3, 0.4) is 0 Å². The predicted molar refractivity (Wildman–Crippen MR) is 58.5 cm³/mol. The molecule has 1 saturated heterocycles. The summed E-state index contributed by atoms with van der Waals surface area (Å²) in [6, 6.07) is 10.1. The van der Waals surface area contributed by atoms with E-state index in [2.05, 4.69) is 0 Å². The first-order valence-electron chi connectivity index (χ1n) is 5.63. The van der Waals surface area contributed by atoms with Crippen molar-refractivity contribution in [2.45, 2.75) is 25.4 Å². The molecule has 1 aliphatic carbocycles. The molecule has 3 rings (SSSR count). The average molecular weight is 215 g/mol. The lowest BCUT2D eigenvalue weighted by atomic mass is 10.1. The normalized spacial score (nSPS) is 27.9. The molecular formula is C13H13NO2. The fourth-order valence-corrected chi connectivity index (χ4v) is 2.70. The number of fused-ring (bicyclic) bond motifs is 2. The Kier molecular flexibility index (Phi) is 2.06. The minimum atomic E-state index is -0.325. The average Bonchev–Trinajstić information content (AvgIpc) is 2.80. The highest BCUT2D eigenvalue weighted by atomic mass is 16.2. The van der Waals surface area contributed by atoms with E-state index in [1.807, 2.05) is 35.2 Å². The van der Waals surface area contributed by atoms with Crippen LogP contribution in [0.15, 0.2) is 30.3 Å². The monoisotopic (exact) mass is 215 g/mol. The van der Waals surface area contributed by atoms with Crippen molar-refractivity contribution in [2.75, 3.05) is 0 Å². The molecule has 3 nitrogen and oxygen atoms in total. The van der Waals surface area contributed by atoms with Crippen LogP contribution in [-0.2, 0) is 16.1 Å². The Hall–Kier alpha value is -1.64. The number of Topliss-reactive ketones (excluding diaryl/α,β-unsaturated/α-hetero) is 1. The van der Waals surface area contributed by atoms with Crippen molar-refractivity contribution >= 4 is 11.7 Å². The molecule has 2 bridgehead atoms. The standard InChI is InChI=1S/C13H13NO2/c15-12-7-10-6-11(12)13(16)14(10)8-9-4-2-1-3-5-9/h1-5,10-11H,6-8H2/t10-,11?/m1/s1. The summed E-state index contributed by atoms with van der Waals surface area (Å²) >= 11 is 0. The molecule has 1 saturated carbocycles. The smallest absolute Gasteiger partial charge is 0.233 e. The molecule has 2 aliphatic rings. The highest BCUT2D eigenvalue weighted by Gasteiger charge is 2.49. The lowest BCUT2D eigenvalue weighted by Crippen LogP contribution is -2.39. The Morgan fingerprint density at radius 1 is 1.19 bits per heavy atom. The van der Waals surface area contributed by atoms with Gasteiger partial charge in [0.1, 0.15) is 5.78 Å². The molecule has 2 fully saturated rings. The van der Waals surface area contributed by atoms with Crippen LogP contribution in [0, 0.1) is 5.92 Å². The zero-order valence-electron chi connectivity index (χ0n) is 8.93. The molecule has 0 radical (unpaired) electrons. The van der Waals surface area contributed by atoms with Crippen molar-refractivity contribution in [2.24, 2.45) is 5.92 Å². The van der Waals surface area contributed by atoms with Gasteiger partial charge in [-0.2, -0.15) is 0 Å². The third kappa shape index (κ3) is 1.35. The summed E-state index contributed by atoms with van der Waals surface area (Å²) in [6.45, 7) is 0.647. The van der Waals surface area contributed by atoms with Gasteiger partial charge in [-0.05, 0) is 12.0 Å². The molecule has 2 atom stereocenters. The second kappa shape index (κ2) is 3.44. The second-order valence-corrected chi connectivity index (χ2v) is 4.56. The fourth-order valence-electron chi connectivity index (χ4n) is 2.70. The first-order chi connectivity index (χ1) is 7.75. The summed E-state index contributed by atoms with van der Waals surface area (Å²) in [4.78, 5) is 25.1. The van der Waals surface area contributed by atoms with Crippen LogP contribution >= 0.6 is 0 Å². The van der Waals surface area contributed by atoms with E-state index in [9.17, 15) is 9.59 Å².